The monoisotopic (exact) mass is 338 g/mol. The van der Waals surface area contributed by atoms with Crippen molar-refractivity contribution >= 4 is 21.8 Å². The van der Waals surface area contributed by atoms with Crippen molar-refractivity contribution in [3.63, 3.8) is 0 Å². The van der Waals surface area contributed by atoms with Gasteiger partial charge in [-0.15, -0.1) is 0 Å². The summed E-state index contributed by atoms with van der Waals surface area (Å²) in [6, 6.07) is 6.52. The molecular formula is C15H19BrN2O2. The lowest BCUT2D eigenvalue weighted by Gasteiger charge is -2.37. The fourth-order valence-corrected chi connectivity index (χ4v) is 3.59. The molecule has 2 heterocycles. The Hall–Kier alpha value is -1.07. The number of rotatable bonds is 3. The van der Waals surface area contributed by atoms with Gasteiger partial charge in [-0.25, -0.2) is 0 Å². The van der Waals surface area contributed by atoms with E-state index < -0.39 is 0 Å². The number of fused-ring (bicyclic) bond motifs is 1. The molecule has 0 bridgehead atoms. The van der Waals surface area contributed by atoms with Crippen LogP contribution in [-0.4, -0.2) is 48.5 Å². The van der Waals surface area contributed by atoms with Crippen LogP contribution in [0.5, 0.6) is 5.75 Å². The molecule has 1 aromatic rings. The van der Waals surface area contributed by atoms with Crippen molar-refractivity contribution in [2.45, 2.75) is 25.4 Å². The first-order valence-corrected chi connectivity index (χ1v) is 7.81. The summed E-state index contributed by atoms with van der Waals surface area (Å²) in [7, 11) is 1.71. The number of carbonyl (C=O) groups is 1. The molecule has 1 aromatic carbocycles. The Morgan fingerprint density at radius 2 is 2.25 bits per heavy atom. The lowest BCUT2D eigenvalue weighted by atomic mass is 10.1. The maximum absolute atomic E-state index is 11.7. The van der Waals surface area contributed by atoms with Gasteiger partial charge in [0, 0.05) is 48.7 Å². The third kappa shape index (κ3) is 2.69. The molecule has 2 fully saturated rings. The Labute approximate surface area is 127 Å². The van der Waals surface area contributed by atoms with Crippen LogP contribution in [0.25, 0.3) is 0 Å². The molecular weight excluding hydrogens is 320 g/mol. The standard InChI is InChI=1S/C15H19BrN2O2/c1-20-14-4-2-12(16)8-11(14)9-17-6-7-18-13(10-17)3-5-15(18)19/h2,4,8,13H,3,5-7,9-10H2,1H3. The highest BCUT2D eigenvalue weighted by Gasteiger charge is 2.35. The molecule has 2 saturated heterocycles. The highest BCUT2D eigenvalue weighted by molar-refractivity contribution is 9.10. The van der Waals surface area contributed by atoms with E-state index in [1.54, 1.807) is 7.11 Å². The number of nitrogens with zero attached hydrogens (tertiary/aromatic N) is 2. The maximum atomic E-state index is 11.7. The number of piperazine rings is 1. The van der Waals surface area contributed by atoms with Gasteiger partial charge in [0.1, 0.15) is 5.75 Å². The second kappa shape index (κ2) is 5.74. The Morgan fingerprint density at radius 3 is 3.05 bits per heavy atom. The number of hydrogen-bond donors (Lipinski definition) is 0. The van der Waals surface area contributed by atoms with Crippen LogP contribution >= 0.6 is 15.9 Å². The van der Waals surface area contributed by atoms with Crippen molar-refractivity contribution in [2.75, 3.05) is 26.7 Å². The highest BCUT2D eigenvalue weighted by Crippen LogP contribution is 2.27. The van der Waals surface area contributed by atoms with E-state index in [0.717, 1.165) is 49.2 Å². The molecule has 108 valence electrons. The Bertz CT molecular complexity index is 521. The van der Waals surface area contributed by atoms with Crippen molar-refractivity contribution in [3.05, 3.63) is 28.2 Å². The zero-order chi connectivity index (χ0) is 14.1. The van der Waals surface area contributed by atoms with Crippen LogP contribution in [0.15, 0.2) is 22.7 Å². The van der Waals surface area contributed by atoms with E-state index in [1.807, 2.05) is 12.1 Å². The average molecular weight is 339 g/mol. The summed E-state index contributed by atoms with van der Waals surface area (Å²) in [6.07, 6.45) is 1.73. The van der Waals surface area contributed by atoms with Gasteiger partial charge in [-0.3, -0.25) is 9.69 Å². The first-order chi connectivity index (χ1) is 9.67. The minimum Gasteiger partial charge on any atom is -0.496 e. The lowest BCUT2D eigenvalue weighted by molar-refractivity contribution is -0.130. The van der Waals surface area contributed by atoms with E-state index in [4.69, 9.17) is 4.74 Å². The predicted octanol–water partition coefficient (Wildman–Crippen LogP) is 2.26. The zero-order valence-corrected chi connectivity index (χ0v) is 13.2. The first kappa shape index (κ1) is 13.9. The van der Waals surface area contributed by atoms with Gasteiger partial charge < -0.3 is 9.64 Å². The second-order valence-corrected chi connectivity index (χ2v) is 6.39. The molecule has 5 heteroatoms. The lowest BCUT2D eigenvalue weighted by Crippen LogP contribution is -2.50. The minimum atomic E-state index is 0.328. The number of ether oxygens (including phenoxy) is 1. The van der Waals surface area contributed by atoms with Gasteiger partial charge in [0.05, 0.1) is 7.11 Å². The van der Waals surface area contributed by atoms with Crippen molar-refractivity contribution in [1.82, 2.24) is 9.80 Å². The summed E-state index contributed by atoms with van der Waals surface area (Å²) in [4.78, 5) is 16.2. The van der Waals surface area contributed by atoms with E-state index in [0.29, 0.717) is 11.9 Å². The van der Waals surface area contributed by atoms with Crippen LogP contribution in [0.4, 0.5) is 0 Å². The Kier molecular flexibility index (Phi) is 3.98. The molecule has 4 nitrogen and oxygen atoms in total. The van der Waals surface area contributed by atoms with Crippen molar-refractivity contribution in [1.29, 1.82) is 0 Å². The molecule has 3 rings (SSSR count). The molecule has 0 spiro atoms. The second-order valence-electron chi connectivity index (χ2n) is 5.47. The zero-order valence-electron chi connectivity index (χ0n) is 11.6. The molecule has 0 aromatic heterocycles. The number of halogens is 1. The van der Waals surface area contributed by atoms with Crippen LogP contribution < -0.4 is 4.74 Å². The minimum absolute atomic E-state index is 0.328. The summed E-state index contributed by atoms with van der Waals surface area (Å²) in [5, 5.41) is 0. The number of amides is 1. The molecule has 1 unspecified atom stereocenters. The Morgan fingerprint density at radius 1 is 1.40 bits per heavy atom. The maximum Gasteiger partial charge on any atom is 0.222 e. The van der Waals surface area contributed by atoms with Gasteiger partial charge >= 0.3 is 0 Å². The van der Waals surface area contributed by atoms with Crippen LogP contribution in [0.2, 0.25) is 0 Å². The van der Waals surface area contributed by atoms with Crippen molar-refractivity contribution < 1.29 is 9.53 Å². The van der Waals surface area contributed by atoms with Crippen LogP contribution in [0.3, 0.4) is 0 Å². The van der Waals surface area contributed by atoms with Crippen LogP contribution in [-0.2, 0) is 11.3 Å². The van der Waals surface area contributed by atoms with Gasteiger partial charge in [0.2, 0.25) is 5.91 Å². The Balaban J connectivity index is 1.70. The fraction of sp³-hybridized carbons (Fsp3) is 0.533. The molecule has 2 aliphatic rings. The summed E-state index contributed by atoms with van der Waals surface area (Å²) in [6.45, 7) is 3.65. The molecule has 20 heavy (non-hydrogen) atoms. The van der Waals surface area contributed by atoms with Gasteiger partial charge in [0.15, 0.2) is 0 Å². The summed E-state index contributed by atoms with van der Waals surface area (Å²) >= 11 is 3.52. The number of methoxy groups -OCH3 is 1. The number of carbonyl (C=O) groups excluding carboxylic acids is 1. The van der Waals surface area contributed by atoms with Gasteiger partial charge in [-0.2, -0.15) is 0 Å². The van der Waals surface area contributed by atoms with Gasteiger partial charge in [-0.1, -0.05) is 15.9 Å². The molecule has 1 amide bonds. The average Bonchev–Trinajstić information content (AvgIpc) is 2.80. The molecule has 1 atom stereocenters. The molecule has 0 N–H and O–H groups in total. The van der Waals surface area contributed by atoms with E-state index in [-0.39, 0.29) is 0 Å². The normalized spacial score (nSPS) is 23.0. The molecule has 0 radical (unpaired) electrons. The fourth-order valence-electron chi connectivity index (χ4n) is 3.18. The van der Waals surface area contributed by atoms with E-state index >= 15 is 0 Å². The van der Waals surface area contributed by atoms with E-state index in [2.05, 4.69) is 31.8 Å². The molecule has 0 aliphatic carbocycles. The van der Waals surface area contributed by atoms with Crippen LogP contribution in [0.1, 0.15) is 18.4 Å². The highest BCUT2D eigenvalue weighted by atomic mass is 79.9. The third-order valence-electron chi connectivity index (χ3n) is 4.22. The molecule has 2 aliphatic heterocycles. The largest absolute Gasteiger partial charge is 0.496 e. The van der Waals surface area contributed by atoms with Crippen LogP contribution in [0, 0.1) is 0 Å². The quantitative estimate of drug-likeness (QED) is 0.847. The topological polar surface area (TPSA) is 32.8 Å². The first-order valence-electron chi connectivity index (χ1n) is 7.01. The van der Waals surface area contributed by atoms with Gasteiger partial charge in [-0.05, 0) is 24.6 Å². The van der Waals surface area contributed by atoms with Gasteiger partial charge in [0.25, 0.3) is 0 Å². The predicted molar refractivity (Wildman–Crippen MR) is 80.7 cm³/mol. The SMILES string of the molecule is COc1ccc(Br)cc1CN1CCN2C(=O)CCC2C1. The van der Waals surface area contributed by atoms with E-state index in [9.17, 15) is 4.79 Å². The van der Waals surface area contributed by atoms with Crippen molar-refractivity contribution in [3.8, 4) is 5.75 Å². The molecule has 0 saturated carbocycles. The smallest absolute Gasteiger partial charge is 0.222 e. The van der Waals surface area contributed by atoms with Crippen molar-refractivity contribution in [2.24, 2.45) is 0 Å². The summed E-state index contributed by atoms with van der Waals surface area (Å²) < 4.78 is 6.51. The number of benzene rings is 1. The third-order valence-corrected chi connectivity index (χ3v) is 4.71. The summed E-state index contributed by atoms with van der Waals surface area (Å²) in [5.41, 5.74) is 1.19. The number of hydrogen-bond acceptors (Lipinski definition) is 3. The summed E-state index contributed by atoms with van der Waals surface area (Å²) in [5.74, 6) is 1.26. The van der Waals surface area contributed by atoms with E-state index in [1.165, 1.54) is 5.56 Å².